The molecule has 1 atom stereocenters. The Balaban J connectivity index is 1.47. The minimum Gasteiger partial charge on any atom is -0.489 e. The Morgan fingerprint density at radius 3 is 2.47 bits per heavy atom. The summed E-state index contributed by atoms with van der Waals surface area (Å²) in [6.45, 7) is 0.515. The van der Waals surface area contributed by atoms with Crippen molar-refractivity contribution in [1.82, 2.24) is 10.3 Å². The molecular formula is C25H24FN3O3. The summed E-state index contributed by atoms with van der Waals surface area (Å²) in [4.78, 5) is 27.9. The van der Waals surface area contributed by atoms with Gasteiger partial charge in [0.1, 0.15) is 18.2 Å². The van der Waals surface area contributed by atoms with Gasteiger partial charge >= 0.3 is 0 Å². The fourth-order valence-electron chi connectivity index (χ4n) is 2.96. The highest BCUT2D eigenvalue weighted by molar-refractivity contribution is 5.92. The molecule has 0 aliphatic rings. The van der Waals surface area contributed by atoms with Crippen molar-refractivity contribution in [2.24, 2.45) is 11.7 Å². The normalized spacial score (nSPS) is 11.8. The van der Waals surface area contributed by atoms with Crippen molar-refractivity contribution in [3.05, 3.63) is 102 Å². The summed E-state index contributed by atoms with van der Waals surface area (Å²) < 4.78 is 18.7. The van der Waals surface area contributed by atoms with Gasteiger partial charge in [-0.1, -0.05) is 30.3 Å². The molecule has 0 saturated heterocycles. The van der Waals surface area contributed by atoms with Gasteiger partial charge in [0.15, 0.2) is 0 Å². The molecule has 0 aliphatic carbocycles. The third kappa shape index (κ3) is 7.36. The van der Waals surface area contributed by atoms with E-state index in [1.165, 1.54) is 18.2 Å². The van der Waals surface area contributed by atoms with Crippen molar-refractivity contribution in [2.75, 3.05) is 6.54 Å². The number of amides is 2. The second-order valence-corrected chi connectivity index (χ2v) is 7.23. The number of rotatable bonds is 10. The smallest absolute Gasteiger partial charge is 0.244 e. The van der Waals surface area contributed by atoms with Crippen molar-refractivity contribution in [3.8, 4) is 5.75 Å². The van der Waals surface area contributed by atoms with Crippen molar-refractivity contribution in [2.45, 2.75) is 13.0 Å². The Morgan fingerprint density at radius 1 is 1.06 bits per heavy atom. The summed E-state index contributed by atoms with van der Waals surface area (Å²) in [5, 5.41) is 2.68. The van der Waals surface area contributed by atoms with E-state index in [2.05, 4.69) is 10.3 Å². The average Bonchev–Trinajstić information content (AvgIpc) is 2.81. The minimum atomic E-state index is -0.589. The highest BCUT2D eigenvalue weighted by Gasteiger charge is 2.16. The van der Waals surface area contributed by atoms with Gasteiger partial charge in [-0.25, -0.2) is 4.39 Å². The van der Waals surface area contributed by atoms with Gasteiger partial charge in [-0.2, -0.15) is 0 Å². The first-order valence-electron chi connectivity index (χ1n) is 10.1. The lowest BCUT2D eigenvalue weighted by Gasteiger charge is -2.13. The van der Waals surface area contributed by atoms with Gasteiger partial charge in [0, 0.05) is 30.6 Å². The summed E-state index contributed by atoms with van der Waals surface area (Å²) in [7, 11) is 0. The van der Waals surface area contributed by atoms with Gasteiger partial charge in [0.25, 0.3) is 0 Å². The quantitative estimate of drug-likeness (QED) is 0.480. The van der Waals surface area contributed by atoms with Gasteiger partial charge in [-0.3, -0.25) is 14.6 Å². The van der Waals surface area contributed by atoms with Crippen LogP contribution in [-0.2, 0) is 22.6 Å². The van der Waals surface area contributed by atoms with E-state index in [1.807, 2.05) is 36.4 Å². The zero-order valence-corrected chi connectivity index (χ0v) is 17.4. The molecule has 2 aromatic carbocycles. The third-order valence-corrected chi connectivity index (χ3v) is 4.76. The summed E-state index contributed by atoms with van der Waals surface area (Å²) in [6, 6.07) is 16.9. The number of nitrogens with one attached hydrogen (secondary N) is 1. The number of aromatic nitrogens is 1. The Morgan fingerprint density at radius 2 is 1.81 bits per heavy atom. The number of hydrogen-bond acceptors (Lipinski definition) is 4. The molecule has 3 N–H and O–H groups in total. The molecule has 0 fully saturated rings. The lowest BCUT2D eigenvalue weighted by molar-refractivity contribution is -0.122. The van der Waals surface area contributed by atoms with Crippen molar-refractivity contribution in [1.29, 1.82) is 0 Å². The number of hydrogen-bond donors (Lipinski definition) is 2. The van der Waals surface area contributed by atoms with Gasteiger partial charge in [0.2, 0.25) is 11.8 Å². The minimum absolute atomic E-state index is 0.0943. The number of nitrogens with two attached hydrogens (primary N) is 1. The number of halogens is 1. The molecule has 0 saturated carbocycles. The van der Waals surface area contributed by atoms with Crippen molar-refractivity contribution < 1.29 is 18.7 Å². The molecule has 0 bridgehead atoms. The predicted octanol–water partition coefficient (Wildman–Crippen LogP) is 3.27. The van der Waals surface area contributed by atoms with Crippen LogP contribution in [0.5, 0.6) is 5.75 Å². The summed E-state index contributed by atoms with van der Waals surface area (Å²) in [6.07, 6.45) is 6.83. The zero-order chi connectivity index (χ0) is 22.8. The van der Waals surface area contributed by atoms with E-state index in [4.69, 9.17) is 10.5 Å². The summed E-state index contributed by atoms with van der Waals surface area (Å²) >= 11 is 0. The number of nitrogens with zero attached hydrogens (tertiary/aromatic N) is 1. The molecule has 3 rings (SSSR count). The van der Waals surface area contributed by atoms with Crippen LogP contribution in [0.15, 0.2) is 79.1 Å². The monoisotopic (exact) mass is 433 g/mol. The molecule has 0 spiro atoms. The standard InChI is InChI=1S/C25H24FN3O3/c26-22-8-3-19(4-9-22)14-21(25(27)31)16-29-24(30)12-7-18-5-10-23(11-6-18)32-17-20-2-1-13-28-15-20/h1-13,15,21H,14,16-17H2,(H2,27,31)(H,29,30)/b12-7+. The van der Waals surface area contributed by atoms with Crippen LogP contribution in [0.4, 0.5) is 4.39 Å². The maximum absolute atomic E-state index is 13.0. The van der Waals surface area contributed by atoms with E-state index in [9.17, 15) is 14.0 Å². The molecule has 0 radical (unpaired) electrons. The SMILES string of the molecule is NC(=O)C(CNC(=O)/C=C/c1ccc(OCc2cccnc2)cc1)Cc1ccc(F)cc1. The van der Waals surface area contributed by atoms with Crippen LogP contribution < -0.4 is 15.8 Å². The maximum Gasteiger partial charge on any atom is 0.244 e. The molecule has 1 aromatic heterocycles. The highest BCUT2D eigenvalue weighted by Crippen LogP contribution is 2.15. The van der Waals surface area contributed by atoms with E-state index >= 15 is 0 Å². The molecule has 164 valence electrons. The Bertz CT molecular complexity index is 1050. The van der Waals surface area contributed by atoms with Gasteiger partial charge in [0.05, 0.1) is 5.92 Å². The van der Waals surface area contributed by atoms with Crippen LogP contribution in [0.3, 0.4) is 0 Å². The van der Waals surface area contributed by atoms with Crippen LogP contribution in [0.25, 0.3) is 6.08 Å². The largest absolute Gasteiger partial charge is 0.489 e. The van der Waals surface area contributed by atoms with Gasteiger partial charge in [-0.15, -0.1) is 0 Å². The van der Waals surface area contributed by atoms with Crippen LogP contribution in [0.1, 0.15) is 16.7 Å². The first kappa shape index (κ1) is 22.7. The topological polar surface area (TPSA) is 94.3 Å². The average molecular weight is 433 g/mol. The second-order valence-electron chi connectivity index (χ2n) is 7.23. The molecule has 3 aromatic rings. The molecule has 1 heterocycles. The Hall–Kier alpha value is -4.00. The van der Waals surface area contributed by atoms with E-state index in [-0.39, 0.29) is 18.3 Å². The third-order valence-electron chi connectivity index (χ3n) is 4.76. The van der Waals surface area contributed by atoms with E-state index < -0.39 is 11.8 Å². The number of pyridine rings is 1. The number of primary amides is 1. The number of ether oxygens (including phenoxy) is 1. The van der Waals surface area contributed by atoms with Crippen LogP contribution >= 0.6 is 0 Å². The number of carbonyl (C=O) groups excluding carboxylic acids is 2. The van der Waals surface area contributed by atoms with E-state index in [1.54, 1.807) is 30.6 Å². The lowest BCUT2D eigenvalue weighted by Crippen LogP contribution is -2.36. The maximum atomic E-state index is 13.0. The molecule has 1 unspecified atom stereocenters. The van der Waals surface area contributed by atoms with E-state index in [0.29, 0.717) is 18.8 Å². The molecule has 6 nitrogen and oxygen atoms in total. The van der Waals surface area contributed by atoms with Gasteiger partial charge < -0.3 is 15.8 Å². The first-order valence-corrected chi connectivity index (χ1v) is 10.1. The second kappa shape index (κ2) is 11.4. The van der Waals surface area contributed by atoms with Crippen LogP contribution in [0, 0.1) is 11.7 Å². The molecule has 32 heavy (non-hydrogen) atoms. The molecule has 7 heteroatoms. The molecule has 0 aliphatic heterocycles. The highest BCUT2D eigenvalue weighted by atomic mass is 19.1. The predicted molar refractivity (Wildman–Crippen MR) is 120 cm³/mol. The fraction of sp³-hybridized carbons (Fsp3) is 0.160. The molecule has 2 amide bonds. The Kier molecular flexibility index (Phi) is 8.09. The van der Waals surface area contributed by atoms with Crippen molar-refractivity contribution in [3.63, 3.8) is 0 Å². The number of carbonyl (C=O) groups is 2. The molecular weight excluding hydrogens is 409 g/mol. The van der Waals surface area contributed by atoms with Crippen molar-refractivity contribution >= 4 is 17.9 Å². The summed E-state index contributed by atoms with van der Waals surface area (Å²) in [5.41, 5.74) is 8.01. The van der Waals surface area contributed by atoms with Crippen LogP contribution in [-0.4, -0.2) is 23.3 Å². The lowest BCUT2D eigenvalue weighted by atomic mass is 9.98. The zero-order valence-electron chi connectivity index (χ0n) is 17.4. The fourth-order valence-corrected chi connectivity index (χ4v) is 2.96. The summed E-state index contributed by atoms with van der Waals surface area (Å²) in [5.74, 6) is -1.10. The Labute approximate surface area is 185 Å². The number of benzene rings is 2. The van der Waals surface area contributed by atoms with Crippen LogP contribution in [0.2, 0.25) is 0 Å². The van der Waals surface area contributed by atoms with Gasteiger partial charge in [-0.05, 0) is 54.0 Å². The van der Waals surface area contributed by atoms with E-state index in [0.717, 1.165) is 16.7 Å². The first-order chi connectivity index (χ1) is 15.5.